The fraction of sp³-hybridized carbons (Fsp3) is 0.458. The van der Waals surface area contributed by atoms with Crippen molar-refractivity contribution in [1.82, 2.24) is 10.9 Å². The van der Waals surface area contributed by atoms with Crippen LogP contribution in [0.25, 0.3) is 0 Å². The predicted octanol–water partition coefficient (Wildman–Crippen LogP) is 1.25. The summed E-state index contributed by atoms with van der Waals surface area (Å²) in [5, 5.41) is 94.7. The average molecular weight is 1180 g/mol. The number of aromatic hydroxyl groups is 4. The van der Waals surface area contributed by atoms with Gasteiger partial charge in [-0.25, -0.2) is 0 Å². The van der Waals surface area contributed by atoms with Crippen LogP contribution in [-0.2, 0) is 41.4 Å². The molecule has 0 spiro atoms. The van der Waals surface area contributed by atoms with Crippen LogP contribution in [0.4, 0.5) is 0 Å². The number of nitrogens with one attached hydrogen (secondary N) is 2. The van der Waals surface area contributed by atoms with E-state index in [1.807, 2.05) is 0 Å². The summed E-state index contributed by atoms with van der Waals surface area (Å²) in [7, 11) is 2.61. The highest BCUT2D eigenvalue weighted by Gasteiger charge is 2.56. The minimum atomic E-state index is -2.21. The molecular weight excluding hydrogens is 1110 g/mol. The molecule has 4 aromatic rings. The minimum absolute atomic E-state index is 0.0438. The highest BCUT2D eigenvalue weighted by atomic mass is 16.7. The van der Waals surface area contributed by atoms with Crippen molar-refractivity contribution in [3.8, 4) is 34.5 Å². The molecule has 2 aliphatic heterocycles. The molecule has 26 nitrogen and oxygen atoms in total. The summed E-state index contributed by atoms with van der Waals surface area (Å²) in [6, 6.07) is 6.96. The second-order valence-electron chi connectivity index (χ2n) is 22.2. The van der Waals surface area contributed by atoms with E-state index in [4.69, 9.17) is 39.9 Å². The second kappa shape index (κ2) is 22.9. The number of ether oxygens (including phenoxy) is 6. The van der Waals surface area contributed by atoms with E-state index in [1.165, 1.54) is 76.9 Å². The average Bonchev–Trinajstić information content (AvgIpc) is 1.35. The molecule has 10 rings (SSSR count). The van der Waals surface area contributed by atoms with Crippen LogP contribution in [0, 0.1) is 0 Å². The number of aliphatic hydroxyl groups excluding tert-OH is 2. The molecule has 0 saturated carbocycles. The number of hydrogen-bond donors (Lipinski definition) is 12. The summed E-state index contributed by atoms with van der Waals surface area (Å²) in [5.74, 6) is -7.57. The number of hydrazine groups is 2. The molecule has 4 aliphatic carbocycles. The molecular formula is C59H68N6O20+2. The van der Waals surface area contributed by atoms with Crippen molar-refractivity contribution < 1.29 is 107 Å². The molecule has 2 fully saturated rings. The number of ketones is 4. The molecule has 2 amide bonds. The van der Waals surface area contributed by atoms with Crippen molar-refractivity contribution in [2.75, 3.05) is 14.2 Å². The largest absolute Gasteiger partial charge is 0.507 e. The fourth-order valence-electron chi connectivity index (χ4n) is 12.7. The molecule has 26 heteroatoms. The van der Waals surface area contributed by atoms with E-state index < -0.39 is 179 Å². The Morgan fingerprint density at radius 3 is 1.32 bits per heavy atom. The number of nitrogens with two attached hydrogens (primary N) is 2. The molecule has 12 unspecified atom stereocenters. The lowest BCUT2D eigenvalue weighted by Gasteiger charge is -2.41. The van der Waals surface area contributed by atoms with Crippen LogP contribution in [0.15, 0.2) is 36.4 Å². The van der Waals surface area contributed by atoms with E-state index >= 15 is 0 Å². The van der Waals surface area contributed by atoms with Gasteiger partial charge in [-0.1, -0.05) is 33.6 Å². The monoisotopic (exact) mass is 1180 g/mol. The van der Waals surface area contributed by atoms with Gasteiger partial charge in [0, 0.05) is 85.0 Å². The third-order valence-corrected chi connectivity index (χ3v) is 17.0. The van der Waals surface area contributed by atoms with Gasteiger partial charge in [0.2, 0.25) is 11.6 Å². The molecule has 4 aromatic carbocycles. The number of methoxy groups -OCH3 is 2. The van der Waals surface area contributed by atoms with E-state index in [0.717, 1.165) is 9.37 Å². The Balaban J connectivity index is 0.877. The summed E-state index contributed by atoms with van der Waals surface area (Å²) in [6.07, 6.45) is -9.44. The Morgan fingerprint density at radius 1 is 0.612 bits per heavy atom. The first kappa shape index (κ1) is 60.4. The number of hydrazone groups is 2. The van der Waals surface area contributed by atoms with Crippen LogP contribution < -0.4 is 31.8 Å². The minimum Gasteiger partial charge on any atom is -0.507 e. The van der Waals surface area contributed by atoms with Crippen LogP contribution in [0.3, 0.4) is 0 Å². The number of carbonyl (C=O) groups is 6. The van der Waals surface area contributed by atoms with Gasteiger partial charge < -0.3 is 80.7 Å². The standard InChI is InChI=1S/C59H66N6O20/c1-7-64(58(78)20-28-42(34(22-58)84-38-18-30(60)48(68)24(3)82-38)56(76)46-44(52(28)72)50(70)26-12-9-14-32(80-5)40(26)54(46)74)62-36(66)16-11-17-37(67)63-65(8-2)59(79)21-29-43(35(23-59)85-39-19-31(61)49(69)25(4)83-39)57(77)47-45(53(29)73)51(71)27-13-10-15-33(81-6)41(27)55(47)75/h7-10,12-15,24-25,30-31,34-35,38-39,48-49,68-69,78-79H,11,16-23,60-61H2,1-6H3,(H4-2,62,63,66,67,70,71,72,73,74,75,76,77)/p+2/b64-7-,65-8-. The first-order valence-corrected chi connectivity index (χ1v) is 27.8. The maximum Gasteiger partial charge on any atom is 0.299 e. The van der Waals surface area contributed by atoms with Crippen LogP contribution in [0.5, 0.6) is 34.5 Å². The van der Waals surface area contributed by atoms with Gasteiger partial charge in [-0.3, -0.25) is 28.8 Å². The zero-order valence-electron chi connectivity index (χ0n) is 47.3. The Morgan fingerprint density at radius 2 is 0.976 bits per heavy atom. The lowest BCUT2D eigenvalue weighted by molar-refractivity contribution is -0.694. The van der Waals surface area contributed by atoms with Crippen molar-refractivity contribution in [3.63, 3.8) is 0 Å². The molecule has 0 bridgehead atoms. The first-order valence-electron chi connectivity index (χ1n) is 27.8. The molecule has 0 aromatic heterocycles. The molecule has 6 aliphatic rings. The quantitative estimate of drug-likeness (QED) is 0.0240. The van der Waals surface area contributed by atoms with Crippen LogP contribution in [-0.4, -0.2) is 172 Å². The predicted molar refractivity (Wildman–Crippen MR) is 293 cm³/mol. The zero-order chi connectivity index (χ0) is 61.5. The number of phenolic OH excluding ortho intramolecular Hbond substituents is 4. The van der Waals surface area contributed by atoms with Gasteiger partial charge >= 0.3 is 0 Å². The zero-order valence-corrected chi connectivity index (χ0v) is 47.3. The molecule has 14 N–H and O–H groups in total. The maximum absolute atomic E-state index is 14.2. The molecule has 85 heavy (non-hydrogen) atoms. The number of phenols is 4. The van der Waals surface area contributed by atoms with Crippen LogP contribution in [0.1, 0.15) is 171 Å². The number of hydrogen-bond acceptors (Lipinski definition) is 22. The maximum atomic E-state index is 14.2. The number of rotatable bonds is 14. The Labute approximate surface area is 485 Å². The van der Waals surface area contributed by atoms with E-state index in [-0.39, 0.29) is 88.1 Å². The smallest absolute Gasteiger partial charge is 0.299 e. The van der Waals surface area contributed by atoms with Gasteiger partial charge in [-0.15, -0.1) is 10.9 Å². The summed E-state index contributed by atoms with van der Waals surface area (Å²) < 4.78 is 37.5. The van der Waals surface area contributed by atoms with Crippen molar-refractivity contribution >= 4 is 47.4 Å². The Hall–Kier alpha value is -7.76. The number of benzene rings is 4. The lowest BCUT2D eigenvalue weighted by atomic mass is 9.75. The van der Waals surface area contributed by atoms with E-state index in [0.29, 0.717) is 0 Å². The summed E-state index contributed by atoms with van der Waals surface area (Å²) >= 11 is 0. The van der Waals surface area contributed by atoms with Crippen LogP contribution >= 0.6 is 0 Å². The molecule has 2 heterocycles. The molecule has 452 valence electrons. The van der Waals surface area contributed by atoms with Gasteiger partial charge in [0.25, 0.3) is 23.3 Å². The normalized spacial score (nSPS) is 28.9. The topological polar surface area (TPSA) is 402 Å². The molecule has 2 saturated heterocycles. The van der Waals surface area contributed by atoms with Gasteiger partial charge in [0.15, 0.2) is 36.6 Å². The van der Waals surface area contributed by atoms with Crippen molar-refractivity contribution in [2.45, 2.75) is 158 Å². The van der Waals surface area contributed by atoms with Gasteiger partial charge in [-0.05, 0) is 32.4 Å². The number of aliphatic hydroxyl groups is 4. The summed E-state index contributed by atoms with van der Waals surface area (Å²) in [4.78, 5) is 84.5. The van der Waals surface area contributed by atoms with E-state index in [2.05, 4.69) is 10.9 Å². The Kier molecular flexibility index (Phi) is 16.3. The van der Waals surface area contributed by atoms with Crippen molar-refractivity contribution in [2.24, 2.45) is 11.5 Å². The van der Waals surface area contributed by atoms with Crippen molar-refractivity contribution in [1.29, 1.82) is 0 Å². The lowest BCUT2D eigenvalue weighted by Crippen LogP contribution is -2.56. The fourth-order valence-corrected chi connectivity index (χ4v) is 12.7. The second-order valence-corrected chi connectivity index (χ2v) is 22.2. The van der Waals surface area contributed by atoms with E-state index in [1.54, 1.807) is 13.8 Å². The highest BCUT2D eigenvalue weighted by molar-refractivity contribution is 6.32. The molecule has 0 radical (unpaired) electrons. The van der Waals surface area contributed by atoms with Crippen LogP contribution in [0.2, 0.25) is 0 Å². The Bertz CT molecular complexity index is 3300. The van der Waals surface area contributed by atoms with Gasteiger partial charge in [0.1, 0.15) is 34.5 Å². The first-order chi connectivity index (χ1) is 40.3. The van der Waals surface area contributed by atoms with Crippen molar-refractivity contribution in [3.05, 3.63) is 103 Å². The summed E-state index contributed by atoms with van der Waals surface area (Å²) in [5.41, 5.74) is 9.95. The third-order valence-electron chi connectivity index (χ3n) is 17.0. The third kappa shape index (κ3) is 10.3. The number of amides is 2. The number of carbonyl (C=O) groups excluding carboxylic acids is 6. The van der Waals surface area contributed by atoms with Gasteiger partial charge in [0.05, 0.1) is 110 Å². The molecule has 12 atom stereocenters. The van der Waals surface area contributed by atoms with Gasteiger partial charge in [-0.2, -0.15) is 0 Å². The summed E-state index contributed by atoms with van der Waals surface area (Å²) in [6.45, 7) is 6.08. The number of fused-ring (bicyclic) bond motifs is 6. The SMILES string of the molecule is C/C=[N+](\NC(=O)CCCC(=O)N/[N+](=C\C)C1(O)Cc2c(O)c3c(c(O)c2C(OC2CC(N)C(O)C(C)O2)C1)C(=O)c1c(OC)cccc1C3=O)C1(O)Cc2c(O)c3c(c(O)c2C(OC2CC(N)C(O)C(C)O2)C1)C(=O)c1c(OC)cccc1C3=O. The van der Waals surface area contributed by atoms with E-state index in [9.17, 15) is 69.6 Å². The highest BCUT2D eigenvalue weighted by Crippen LogP contribution is 2.55. The number of nitrogens with zero attached hydrogens (tertiary/aromatic N) is 2.